The molecule has 1 N–H and O–H groups in total. The van der Waals surface area contributed by atoms with Crippen LogP contribution in [0.1, 0.15) is 0 Å². The van der Waals surface area contributed by atoms with Crippen LogP contribution in [0.15, 0.2) is 46.7 Å². The second-order valence-corrected chi connectivity index (χ2v) is 4.30. The van der Waals surface area contributed by atoms with E-state index in [1.54, 1.807) is 5.38 Å². The van der Waals surface area contributed by atoms with Crippen LogP contribution in [0.4, 0.5) is 0 Å². The van der Waals surface area contributed by atoms with Crippen LogP contribution < -0.4 is 5.56 Å². The average molecular weight is 236 g/mol. The smallest absolute Gasteiger partial charge is 0.257 e. The Morgan fingerprint density at radius 2 is 2.07 bits per heavy atom. The van der Waals surface area contributed by atoms with Crippen LogP contribution in [0.2, 0.25) is 0 Å². The van der Waals surface area contributed by atoms with Gasteiger partial charge in [-0.1, -0.05) is 29.7 Å². The highest BCUT2D eigenvalue weighted by atomic mass is 32.1. The number of fused-ring (bicyclic) bond motifs is 1. The summed E-state index contributed by atoms with van der Waals surface area (Å²) in [5.41, 5.74) is -0.0139. The Bertz CT molecular complexity index is 535. The number of benzene rings is 1. The zero-order chi connectivity index (χ0) is 10.5. The molecule has 0 bridgehead atoms. The summed E-state index contributed by atoms with van der Waals surface area (Å²) in [6.07, 6.45) is 1.89. The zero-order valence-corrected chi connectivity index (χ0v) is 9.35. The van der Waals surface area contributed by atoms with Crippen LogP contribution in [-0.4, -0.2) is 8.75 Å². The minimum atomic E-state index is -0.0139. The Morgan fingerprint density at radius 3 is 2.67 bits per heavy atom. The lowest BCUT2D eigenvalue weighted by Crippen LogP contribution is -1.90. The van der Waals surface area contributed by atoms with Crippen molar-refractivity contribution in [2.45, 2.75) is 0 Å². The summed E-state index contributed by atoms with van der Waals surface area (Å²) in [6.45, 7) is 0. The van der Waals surface area contributed by atoms with E-state index < -0.39 is 0 Å². The maximum absolute atomic E-state index is 10.0. The van der Waals surface area contributed by atoms with E-state index in [0.717, 1.165) is 0 Å². The number of aromatic nitrogens is 2. The predicted molar refractivity (Wildman–Crippen MR) is 64.6 cm³/mol. The molecule has 15 heavy (non-hydrogen) atoms. The van der Waals surface area contributed by atoms with Gasteiger partial charge in [-0.05, 0) is 17.6 Å². The van der Waals surface area contributed by atoms with Gasteiger partial charge in [-0.2, -0.15) is 4.37 Å². The van der Waals surface area contributed by atoms with Crippen molar-refractivity contribution in [2.75, 3.05) is 0 Å². The summed E-state index contributed by atoms with van der Waals surface area (Å²) in [5, 5.41) is 2.95. The van der Waals surface area contributed by atoms with Crippen molar-refractivity contribution in [1.29, 1.82) is 0 Å². The van der Waals surface area contributed by atoms with E-state index in [9.17, 15) is 4.79 Å². The van der Waals surface area contributed by atoms with Gasteiger partial charge in [0.1, 0.15) is 0 Å². The summed E-state index contributed by atoms with van der Waals surface area (Å²) < 4.78 is 7.79. The van der Waals surface area contributed by atoms with Crippen molar-refractivity contribution in [2.24, 2.45) is 0 Å². The minimum absolute atomic E-state index is 0.0139. The van der Waals surface area contributed by atoms with E-state index in [1.165, 1.54) is 39.2 Å². The topological polar surface area (TPSA) is 45.8 Å². The van der Waals surface area contributed by atoms with Crippen LogP contribution in [0.3, 0.4) is 0 Å². The highest BCUT2D eigenvalue weighted by Crippen LogP contribution is 2.15. The number of nitrogens with zero attached hydrogens (tertiary/aromatic N) is 1. The molecule has 0 fully saturated rings. The molecule has 3 aromatic rings. The van der Waals surface area contributed by atoms with Crippen molar-refractivity contribution in [3.05, 3.63) is 52.3 Å². The third kappa shape index (κ3) is 2.74. The zero-order valence-electron chi connectivity index (χ0n) is 7.71. The molecule has 1 aromatic carbocycles. The molecule has 5 heteroatoms. The number of hydrogen-bond donors (Lipinski definition) is 1. The van der Waals surface area contributed by atoms with Crippen molar-refractivity contribution >= 4 is 33.2 Å². The Morgan fingerprint density at radius 1 is 1.20 bits per heavy atom. The van der Waals surface area contributed by atoms with Crippen LogP contribution >= 0.6 is 23.1 Å². The molecule has 0 saturated carbocycles. The number of rotatable bonds is 0. The third-order valence-electron chi connectivity index (χ3n) is 1.71. The van der Waals surface area contributed by atoms with Gasteiger partial charge in [-0.3, -0.25) is 9.17 Å². The summed E-state index contributed by atoms with van der Waals surface area (Å²) in [6, 6.07) is 9.69. The molecule has 3 nitrogen and oxygen atoms in total. The van der Waals surface area contributed by atoms with Gasteiger partial charge in [0.25, 0.3) is 5.56 Å². The van der Waals surface area contributed by atoms with Gasteiger partial charge in [-0.15, -0.1) is 0 Å². The first-order chi connectivity index (χ1) is 7.36. The third-order valence-corrected chi connectivity index (χ3v) is 3.08. The molecule has 3 rings (SSSR count). The van der Waals surface area contributed by atoms with Crippen molar-refractivity contribution in [3.63, 3.8) is 0 Å². The molecular weight excluding hydrogens is 228 g/mol. The number of hydrogen-bond acceptors (Lipinski definition) is 4. The van der Waals surface area contributed by atoms with Gasteiger partial charge < -0.3 is 0 Å². The molecule has 0 spiro atoms. The van der Waals surface area contributed by atoms with Gasteiger partial charge in [0, 0.05) is 23.0 Å². The Balaban J connectivity index is 0.000000124. The van der Waals surface area contributed by atoms with Crippen molar-refractivity contribution < 1.29 is 0 Å². The molecule has 0 aliphatic heterocycles. The fourth-order valence-corrected chi connectivity index (χ4v) is 2.12. The van der Waals surface area contributed by atoms with E-state index in [0.29, 0.717) is 0 Å². The Kier molecular flexibility index (Phi) is 3.26. The standard InChI is InChI=1S/C7H5NS.C3H3NOS/c1-2-4-7-6(3-1)5-8-9-7;5-3-1-2-6-4-3/h1-5H;1-2H,(H,4,5). The maximum Gasteiger partial charge on any atom is 0.257 e. The quantitative estimate of drug-likeness (QED) is 0.652. The first-order valence-electron chi connectivity index (χ1n) is 4.28. The maximum atomic E-state index is 10.0. The van der Waals surface area contributed by atoms with E-state index in [-0.39, 0.29) is 5.56 Å². The molecule has 76 valence electrons. The molecule has 0 atom stereocenters. The van der Waals surface area contributed by atoms with Crippen molar-refractivity contribution in [3.8, 4) is 0 Å². The Hall–Kier alpha value is -1.46. The van der Waals surface area contributed by atoms with E-state index in [1.807, 2.05) is 18.3 Å². The minimum Gasteiger partial charge on any atom is -0.278 e. The molecule has 0 amide bonds. The molecule has 0 aliphatic rings. The van der Waals surface area contributed by atoms with Gasteiger partial charge in [0.15, 0.2) is 0 Å². The number of H-pyrrole nitrogens is 1. The molecule has 0 unspecified atom stereocenters. The molecule has 2 heterocycles. The van der Waals surface area contributed by atoms with Gasteiger partial charge in [-0.25, -0.2) is 0 Å². The van der Waals surface area contributed by atoms with Gasteiger partial charge in [0.2, 0.25) is 0 Å². The highest BCUT2D eigenvalue weighted by Gasteiger charge is 1.89. The summed E-state index contributed by atoms with van der Waals surface area (Å²) >= 11 is 2.84. The Labute approximate surface area is 94.3 Å². The van der Waals surface area contributed by atoms with Crippen LogP contribution in [0.5, 0.6) is 0 Å². The molecule has 0 saturated heterocycles. The fourth-order valence-electron chi connectivity index (χ4n) is 1.03. The average Bonchev–Trinajstić information content (AvgIpc) is 2.88. The lowest BCUT2D eigenvalue weighted by atomic mass is 10.3. The summed E-state index contributed by atoms with van der Waals surface area (Å²) in [4.78, 5) is 10.0. The SMILES string of the molecule is O=c1ccs[nH]1.c1ccc2sncc2c1. The molecule has 2 aromatic heterocycles. The van der Waals surface area contributed by atoms with E-state index in [2.05, 4.69) is 20.9 Å². The molecular formula is C10H8N2OS2. The first kappa shape index (κ1) is 10.1. The summed E-state index contributed by atoms with van der Waals surface area (Å²) in [7, 11) is 0. The van der Waals surface area contributed by atoms with Crippen molar-refractivity contribution in [1.82, 2.24) is 8.75 Å². The second-order valence-electron chi connectivity index (χ2n) is 2.75. The fraction of sp³-hybridized carbons (Fsp3) is 0. The van der Waals surface area contributed by atoms with E-state index in [4.69, 9.17) is 0 Å². The number of nitrogens with one attached hydrogen (secondary N) is 1. The van der Waals surface area contributed by atoms with E-state index >= 15 is 0 Å². The van der Waals surface area contributed by atoms with Crippen LogP contribution in [0, 0.1) is 0 Å². The lowest BCUT2D eigenvalue weighted by molar-refractivity contribution is 1.43. The highest BCUT2D eigenvalue weighted by molar-refractivity contribution is 7.13. The lowest BCUT2D eigenvalue weighted by Gasteiger charge is -1.80. The molecule has 0 aliphatic carbocycles. The monoisotopic (exact) mass is 236 g/mol. The number of aromatic amines is 1. The summed E-state index contributed by atoms with van der Waals surface area (Å²) in [5.74, 6) is 0. The first-order valence-corrected chi connectivity index (χ1v) is 5.93. The van der Waals surface area contributed by atoms with Crippen LogP contribution in [0.25, 0.3) is 10.1 Å². The predicted octanol–water partition coefficient (Wildman–Crippen LogP) is 2.73. The largest absolute Gasteiger partial charge is 0.278 e. The molecule has 0 radical (unpaired) electrons. The van der Waals surface area contributed by atoms with Crippen LogP contribution in [-0.2, 0) is 0 Å². The van der Waals surface area contributed by atoms with Gasteiger partial charge >= 0.3 is 0 Å². The second kappa shape index (κ2) is 4.86. The van der Waals surface area contributed by atoms with Gasteiger partial charge in [0.05, 0.1) is 4.70 Å². The normalized spacial score (nSPS) is 9.60.